The van der Waals surface area contributed by atoms with Gasteiger partial charge in [-0.25, -0.2) is 4.79 Å². The number of carbonyl (C=O) groups is 1. The van der Waals surface area contributed by atoms with Crippen LogP contribution >= 0.6 is 0 Å². The molecule has 0 amide bonds. The van der Waals surface area contributed by atoms with Crippen LogP contribution in [0.3, 0.4) is 0 Å². The highest BCUT2D eigenvalue weighted by Crippen LogP contribution is 2.25. The highest BCUT2D eigenvalue weighted by molar-refractivity contribution is 5.81. The predicted octanol–water partition coefficient (Wildman–Crippen LogP) is 2.01. The zero-order chi connectivity index (χ0) is 11.2. The summed E-state index contributed by atoms with van der Waals surface area (Å²) in [6, 6.07) is -0.110. The molecule has 1 atom stereocenters. The number of hydrogen-bond acceptors (Lipinski definition) is 3. The molecule has 0 saturated heterocycles. The van der Waals surface area contributed by atoms with E-state index in [1.807, 2.05) is 20.8 Å². The van der Waals surface area contributed by atoms with Crippen LogP contribution in [-0.2, 0) is 9.53 Å². The molecule has 14 heavy (non-hydrogen) atoms. The number of rotatable bonds is 6. The van der Waals surface area contributed by atoms with Crippen molar-refractivity contribution in [2.24, 2.45) is 5.73 Å². The maximum Gasteiger partial charge on any atom is 0.330 e. The van der Waals surface area contributed by atoms with Gasteiger partial charge >= 0.3 is 5.97 Å². The Morgan fingerprint density at radius 1 is 1.50 bits per heavy atom. The molecule has 0 aromatic rings. The third-order valence-corrected chi connectivity index (χ3v) is 2.78. The van der Waals surface area contributed by atoms with Crippen molar-refractivity contribution in [2.45, 2.75) is 51.7 Å². The first kappa shape index (κ1) is 13.2. The van der Waals surface area contributed by atoms with E-state index < -0.39 is 11.6 Å². The predicted molar refractivity (Wildman–Crippen MR) is 57.9 cm³/mol. The average molecular weight is 199 g/mol. The van der Waals surface area contributed by atoms with E-state index in [2.05, 4.69) is 6.58 Å². The summed E-state index contributed by atoms with van der Waals surface area (Å²) in [5.41, 5.74) is 5.44. The molecule has 0 aliphatic heterocycles. The second-order valence-electron chi connectivity index (χ2n) is 3.41. The van der Waals surface area contributed by atoms with Gasteiger partial charge in [-0.3, -0.25) is 0 Å². The molecule has 0 aromatic carbocycles. The van der Waals surface area contributed by atoms with Crippen molar-refractivity contribution in [3.63, 3.8) is 0 Å². The van der Waals surface area contributed by atoms with Crippen molar-refractivity contribution in [1.29, 1.82) is 0 Å². The quantitative estimate of drug-likeness (QED) is 0.526. The Morgan fingerprint density at radius 2 is 2.00 bits per heavy atom. The number of hydrogen-bond donors (Lipinski definition) is 1. The fraction of sp³-hybridized carbons (Fsp3) is 0.727. The number of carbonyl (C=O) groups excluding carboxylic acids is 1. The highest BCUT2D eigenvalue weighted by Gasteiger charge is 2.35. The van der Waals surface area contributed by atoms with E-state index in [0.717, 1.165) is 19.3 Å². The van der Waals surface area contributed by atoms with Gasteiger partial charge in [-0.05, 0) is 19.3 Å². The van der Waals surface area contributed by atoms with E-state index in [9.17, 15) is 4.79 Å². The minimum absolute atomic E-state index is 0.110. The van der Waals surface area contributed by atoms with Crippen molar-refractivity contribution in [3.05, 3.63) is 12.7 Å². The lowest BCUT2D eigenvalue weighted by Crippen LogP contribution is -2.50. The van der Waals surface area contributed by atoms with Gasteiger partial charge < -0.3 is 10.5 Å². The molecule has 0 bridgehead atoms. The molecule has 0 saturated carbocycles. The van der Waals surface area contributed by atoms with Crippen LogP contribution in [0.1, 0.15) is 40.0 Å². The van der Waals surface area contributed by atoms with Crippen LogP contribution in [0.2, 0.25) is 0 Å². The van der Waals surface area contributed by atoms with E-state index in [1.165, 1.54) is 6.08 Å². The first-order chi connectivity index (χ1) is 6.56. The summed E-state index contributed by atoms with van der Waals surface area (Å²) < 4.78 is 5.36. The Morgan fingerprint density at radius 3 is 2.29 bits per heavy atom. The highest BCUT2D eigenvalue weighted by atomic mass is 16.6. The summed E-state index contributed by atoms with van der Waals surface area (Å²) in [5.74, 6) is -0.391. The normalized spacial score (nSPS) is 13.4. The molecule has 0 aliphatic rings. The zero-order valence-electron chi connectivity index (χ0n) is 9.38. The van der Waals surface area contributed by atoms with Gasteiger partial charge in [0.1, 0.15) is 5.60 Å². The SMILES string of the molecule is C=CC(=O)OC(CC)(CC)C(N)CC. The third-order valence-electron chi connectivity index (χ3n) is 2.78. The molecular formula is C11H21NO2. The second kappa shape index (κ2) is 5.81. The second-order valence-corrected chi connectivity index (χ2v) is 3.41. The monoisotopic (exact) mass is 199 g/mol. The van der Waals surface area contributed by atoms with Crippen LogP contribution in [0, 0.1) is 0 Å². The number of nitrogens with two attached hydrogens (primary N) is 1. The smallest absolute Gasteiger partial charge is 0.330 e. The molecule has 0 aliphatic carbocycles. The van der Waals surface area contributed by atoms with Crippen molar-refractivity contribution in [3.8, 4) is 0 Å². The summed E-state index contributed by atoms with van der Waals surface area (Å²) >= 11 is 0. The maximum atomic E-state index is 11.2. The Hall–Kier alpha value is -0.830. The molecule has 0 fully saturated rings. The van der Waals surface area contributed by atoms with Crippen LogP contribution < -0.4 is 5.73 Å². The largest absolute Gasteiger partial charge is 0.454 e. The fourth-order valence-electron chi connectivity index (χ4n) is 1.61. The maximum absolute atomic E-state index is 11.2. The van der Waals surface area contributed by atoms with Crippen LogP contribution in [0.25, 0.3) is 0 Å². The Kier molecular flexibility index (Phi) is 5.46. The van der Waals surface area contributed by atoms with E-state index in [4.69, 9.17) is 10.5 Å². The summed E-state index contributed by atoms with van der Waals surface area (Å²) in [7, 11) is 0. The van der Waals surface area contributed by atoms with E-state index in [1.54, 1.807) is 0 Å². The molecule has 0 rings (SSSR count). The summed E-state index contributed by atoms with van der Waals surface area (Å²) in [4.78, 5) is 11.2. The summed E-state index contributed by atoms with van der Waals surface area (Å²) in [6.07, 6.45) is 3.45. The van der Waals surface area contributed by atoms with E-state index in [0.29, 0.717) is 0 Å². The van der Waals surface area contributed by atoms with Gasteiger partial charge in [0.15, 0.2) is 0 Å². The summed E-state index contributed by atoms with van der Waals surface area (Å²) in [6.45, 7) is 9.34. The van der Waals surface area contributed by atoms with E-state index in [-0.39, 0.29) is 6.04 Å². The van der Waals surface area contributed by atoms with Gasteiger partial charge in [-0.15, -0.1) is 0 Å². The van der Waals surface area contributed by atoms with Gasteiger partial charge in [-0.2, -0.15) is 0 Å². The standard InChI is InChI=1S/C11H21NO2/c1-5-9(12)11(7-3,8-4)14-10(13)6-2/h6,9H,2,5,7-8,12H2,1,3-4H3. The van der Waals surface area contributed by atoms with Crippen molar-refractivity contribution in [1.82, 2.24) is 0 Å². The third kappa shape index (κ3) is 2.84. The Labute approximate surface area is 86.3 Å². The minimum Gasteiger partial charge on any atom is -0.454 e. The molecule has 0 spiro atoms. The fourth-order valence-corrected chi connectivity index (χ4v) is 1.61. The van der Waals surface area contributed by atoms with Crippen molar-refractivity contribution in [2.75, 3.05) is 0 Å². The number of esters is 1. The number of ether oxygens (including phenoxy) is 1. The van der Waals surface area contributed by atoms with Crippen LogP contribution in [0.5, 0.6) is 0 Å². The molecule has 0 aromatic heterocycles. The van der Waals surface area contributed by atoms with E-state index >= 15 is 0 Å². The molecule has 0 radical (unpaired) electrons. The molecule has 2 N–H and O–H groups in total. The lowest BCUT2D eigenvalue weighted by Gasteiger charge is -2.36. The minimum atomic E-state index is -0.528. The van der Waals surface area contributed by atoms with Gasteiger partial charge in [0.25, 0.3) is 0 Å². The zero-order valence-corrected chi connectivity index (χ0v) is 9.38. The topological polar surface area (TPSA) is 52.3 Å². The first-order valence-corrected chi connectivity index (χ1v) is 5.17. The Balaban J connectivity index is 4.68. The average Bonchev–Trinajstić information content (AvgIpc) is 2.24. The van der Waals surface area contributed by atoms with Crippen molar-refractivity contribution >= 4 is 5.97 Å². The molecule has 1 unspecified atom stereocenters. The summed E-state index contributed by atoms with van der Waals surface area (Å²) in [5, 5.41) is 0. The molecular weight excluding hydrogens is 178 g/mol. The van der Waals surface area contributed by atoms with Gasteiger partial charge in [0, 0.05) is 12.1 Å². The van der Waals surface area contributed by atoms with Gasteiger partial charge in [-0.1, -0.05) is 27.4 Å². The molecule has 3 heteroatoms. The van der Waals surface area contributed by atoms with Gasteiger partial charge in [0.2, 0.25) is 0 Å². The van der Waals surface area contributed by atoms with Gasteiger partial charge in [0.05, 0.1) is 0 Å². The molecule has 3 nitrogen and oxygen atoms in total. The molecule has 0 heterocycles. The van der Waals surface area contributed by atoms with Crippen LogP contribution in [0.15, 0.2) is 12.7 Å². The van der Waals surface area contributed by atoms with Crippen molar-refractivity contribution < 1.29 is 9.53 Å². The lowest BCUT2D eigenvalue weighted by molar-refractivity contribution is -0.157. The van der Waals surface area contributed by atoms with Crippen LogP contribution in [-0.4, -0.2) is 17.6 Å². The molecule has 82 valence electrons. The first-order valence-electron chi connectivity index (χ1n) is 5.17. The van der Waals surface area contributed by atoms with Crippen LogP contribution in [0.4, 0.5) is 0 Å². The lowest BCUT2D eigenvalue weighted by atomic mass is 9.87. The Bertz CT molecular complexity index is 197.